The van der Waals surface area contributed by atoms with Crippen LogP contribution in [0.4, 0.5) is 0 Å². The second-order valence-electron chi connectivity index (χ2n) is 5.01. The maximum Gasteiger partial charge on any atom is 0.123 e. The number of hydrogen-bond donors (Lipinski definition) is 0. The molecule has 0 amide bonds. The van der Waals surface area contributed by atoms with E-state index in [4.69, 9.17) is 9.47 Å². The van der Waals surface area contributed by atoms with Gasteiger partial charge in [0.15, 0.2) is 0 Å². The molecule has 0 heterocycles. The zero-order valence-corrected chi connectivity index (χ0v) is 13.1. The Labute approximate surface area is 122 Å². The normalized spacial score (nSPS) is 25.1. The Morgan fingerprint density at radius 2 is 1.50 bits per heavy atom. The van der Waals surface area contributed by atoms with Crippen LogP contribution in [-0.4, -0.2) is 14.2 Å². The van der Waals surface area contributed by atoms with E-state index in [0.717, 1.165) is 11.5 Å². The fourth-order valence-corrected chi connectivity index (χ4v) is 4.42. The van der Waals surface area contributed by atoms with Gasteiger partial charge in [-0.2, -0.15) is 0 Å². The van der Waals surface area contributed by atoms with Crippen molar-refractivity contribution in [1.82, 2.24) is 0 Å². The fourth-order valence-electron chi connectivity index (χ4n) is 3.42. The Bertz CT molecular complexity index is 487. The van der Waals surface area contributed by atoms with E-state index in [0.29, 0.717) is 11.8 Å². The standard InChI is InChI=1S/C15H17IO2/c1-8-9-4-5-10(15(8)16)14-12(18-3)7-6-11(17-2)13(9)14/h6-7,9-10H,4-5H2,1-3H3. The van der Waals surface area contributed by atoms with Crippen molar-refractivity contribution in [3.05, 3.63) is 32.4 Å². The first-order valence-corrected chi connectivity index (χ1v) is 7.37. The highest BCUT2D eigenvalue weighted by Gasteiger charge is 2.40. The van der Waals surface area contributed by atoms with Crippen LogP contribution in [0.25, 0.3) is 0 Å². The fraction of sp³-hybridized carbons (Fsp3) is 0.467. The molecule has 96 valence electrons. The van der Waals surface area contributed by atoms with Crippen LogP contribution in [0.2, 0.25) is 0 Å². The summed E-state index contributed by atoms with van der Waals surface area (Å²) in [5, 5.41) is 0. The van der Waals surface area contributed by atoms with Crippen LogP contribution >= 0.6 is 22.6 Å². The first-order chi connectivity index (χ1) is 8.69. The zero-order chi connectivity index (χ0) is 12.9. The van der Waals surface area contributed by atoms with Gasteiger partial charge < -0.3 is 9.47 Å². The third kappa shape index (κ3) is 1.52. The predicted molar refractivity (Wildman–Crippen MR) is 81.0 cm³/mol. The van der Waals surface area contributed by atoms with Gasteiger partial charge in [-0.3, -0.25) is 0 Å². The summed E-state index contributed by atoms with van der Waals surface area (Å²) in [6, 6.07) is 4.08. The average molecular weight is 356 g/mol. The number of fused-ring (bicyclic) bond motifs is 1. The molecule has 0 radical (unpaired) electrons. The Morgan fingerprint density at radius 1 is 1.00 bits per heavy atom. The van der Waals surface area contributed by atoms with Crippen LogP contribution in [-0.2, 0) is 0 Å². The largest absolute Gasteiger partial charge is 0.496 e. The van der Waals surface area contributed by atoms with Crippen LogP contribution < -0.4 is 9.47 Å². The summed E-state index contributed by atoms with van der Waals surface area (Å²) in [5.74, 6) is 3.06. The molecule has 3 aliphatic carbocycles. The molecule has 4 rings (SSSR count). The van der Waals surface area contributed by atoms with Crippen molar-refractivity contribution in [3.8, 4) is 11.5 Å². The number of halogens is 1. The van der Waals surface area contributed by atoms with E-state index in [1.54, 1.807) is 14.2 Å². The van der Waals surface area contributed by atoms with Gasteiger partial charge in [-0.15, -0.1) is 0 Å². The number of benzene rings is 1. The highest BCUT2D eigenvalue weighted by Crippen LogP contribution is 2.58. The Balaban J connectivity index is 2.28. The molecule has 0 saturated carbocycles. The summed E-state index contributed by atoms with van der Waals surface area (Å²) in [7, 11) is 3.52. The highest BCUT2D eigenvalue weighted by molar-refractivity contribution is 14.1. The lowest BCUT2D eigenvalue weighted by Crippen LogP contribution is -2.24. The highest BCUT2D eigenvalue weighted by atomic mass is 127. The minimum absolute atomic E-state index is 0.510. The van der Waals surface area contributed by atoms with Gasteiger partial charge in [-0.05, 0) is 58.1 Å². The molecule has 1 aromatic carbocycles. The molecule has 2 unspecified atom stereocenters. The van der Waals surface area contributed by atoms with E-state index < -0.39 is 0 Å². The van der Waals surface area contributed by atoms with Gasteiger partial charge in [0.05, 0.1) is 14.2 Å². The second kappa shape index (κ2) is 4.44. The van der Waals surface area contributed by atoms with Gasteiger partial charge in [0.25, 0.3) is 0 Å². The molecule has 2 atom stereocenters. The number of hydrogen-bond acceptors (Lipinski definition) is 2. The molecule has 18 heavy (non-hydrogen) atoms. The van der Waals surface area contributed by atoms with E-state index in [1.807, 2.05) is 12.1 Å². The van der Waals surface area contributed by atoms with Gasteiger partial charge in [-0.1, -0.05) is 5.57 Å². The van der Waals surface area contributed by atoms with Crippen LogP contribution in [0.5, 0.6) is 11.5 Å². The van der Waals surface area contributed by atoms with Crippen LogP contribution in [0, 0.1) is 0 Å². The molecule has 0 fully saturated rings. The summed E-state index contributed by atoms with van der Waals surface area (Å²) < 4.78 is 12.6. The third-order valence-corrected chi connectivity index (χ3v) is 5.90. The molecule has 3 heteroatoms. The predicted octanol–water partition coefficient (Wildman–Crippen LogP) is 4.39. The van der Waals surface area contributed by atoms with Crippen molar-refractivity contribution in [3.63, 3.8) is 0 Å². The number of ether oxygens (including phenoxy) is 2. The molecule has 2 bridgehead atoms. The Morgan fingerprint density at radius 3 is 2.06 bits per heavy atom. The van der Waals surface area contributed by atoms with Crippen molar-refractivity contribution in [2.45, 2.75) is 31.6 Å². The van der Waals surface area contributed by atoms with Crippen molar-refractivity contribution in [2.24, 2.45) is 0 Å². The summed E-state index contributed by atoms with van der Waals surface area (Å²) >= 11 is 2.51. The lowest BCUT2D eigenvalue weighted by Gasteiger charge is -2.40. The maximum atomic E-state index is 5.57. The molecule has 0 N–H and O–H groups in total. The second-order valence-corrected chi connectivity index (χ2v) is 6.17. The topological polar surface area (TPSA) is 18.5 Å². The van der Waals surface area contributed by atoms with Crippen LogP contribution in [0.3, 0.4) is 0 Å². The maximum absolute atomic E-state index is 5.57. The van der Waals surface area contributed by atoms with Gasteiger partial charge in [-0.25, -0.2) is 0 Å². The molecule has 3 aliphatic rings. The van der Waals surface area contributed by atoms with E-state index in [2.05, 4.69) is 29.5 Å². The average Bonchev–Trinajstić information content (AvgIpc) is 2.42. The SMILES string of the molecule is COc1ccc(OC)c2c1C1CCC2C(I)=C1C. The van der Waals surface area contributed by atoms with Crippen molar-refractivity contribution in [1.29, 1.82) is 0 Å². The molecule has 0 aromatic heterocycles. The molecule has 2 nitrogen and oxygen atoms in total. The Kier molecular flexibility index (Phi) is 3.04. The summed E-state index contributed by atoms with van der Waals surface area (Å²) in [5.41, 5.74) is 4.25. The van der Waals surface area contributed by atoms with E-state index in [1.165, 1.54) is 33.1 Å². The molecular formula is C15H17IO2. The first kappa shape index (κ1) is 12.3. The summed E-state index contributed by atoms with van der Waals surface area (Å²) in [4.78, 5) is 0. The zero-order valence-electron chi connectivity index (χ0n) is 10.9. The monoisotopic (exact) mass is 356 g/mol. The van der Waals surface area contributed by atoms with E-state index in [-0.39, 0.29) is 0 Å². The van der Waals surface area contributed by atoms with Crippen molar-refractivity contribution < 1.29 is 9.47 Å². The molecule has 0 spiro atoms. The summed E-state index contributed by atoms with van der Waals surface area (Å²) in [6.45, 7) is 2.26. The minimum atomic E-state index is 0.510. The quantitative estimate of drug-likeness (QED) is 0.732. The lowest BCUT2D eigenvalue weighted by atomic mass is 9.67. The minimum Gasteiger partial charge on any atom is -0.496 e. The Hall–Kier alpha value is -0.710. The molecule has 0 aliphatic heterocycles. The van der Waals surface area contributed by atoms with E-state index >= 15 is 0 Å². The van der Waals surface area contributed by atoms with Gasteiger partial charge >= 0.3 is 0 Å². The molecule has 0 saturated heterocycles. The number of rotatable bonds is 2. The third-order valence-electron chi connectivity index (χ3n) is 4.29. The first-order valence-electron chi connectivity index (χ1n) is 6.30. The lowest BCUT2D eigenvalue weighted by molar-refractivity contribution is 0.376. The van der Waals surface area contributed by atoms with Gasteiger partial charge in [0, 0.05) is 23.0 Å². The van der Waals surface area contributed by atoms with Gasteiger partial charge in [0.2, 0.25) is 0 Å². The van der Waals surface area contributed by atoms with Crippen LogP contribution in [0.1, 0.15) is 42.7 Å². The number of allylic oxidation sites excluding steroid dienone is 2. The van der Waals surface area contributed by atoms with Crippen LogP contribution in [0.15, 0.2) is 21.3 Å². The van der Waals surface area contributed by atoms with E-state index in [9.17, 15) is 0 Å². The smallest absolute Gasteiger partial charge is 0.123 e. The molecular weight excluding hydrogens is 339 g/mol. The van der Waals surface area contributed by atoms with Crippen molar-refractivity contribution in [2.75, 3.05) is 14.2 Å². The van der Waals surface area contributed by atoms with Gasteiger partial charge in [0.1, 0.15) is 11.5 Å². The molecule has 1 aromatic rings. The van der Waals surface area contributed by atoms with Crippen molar-refractivity contribution >= 4 is 22.6 Å². The number of methoxy groups -OCH3 is 2. The summed E-state index contributed by atoms with van der Waals surface area (Å²) in [6.07, 6.45) is 2.47.